The molecule has 8 aromatic carbocycles. The van der Waals surface area contributed by atoms with Gasteiger partial charge >= 0.3 is 0 Å². The van der Waals surface area contributed by atoms with E-state index in [2.05, 4.69) is 180 Å². The number of hydrogen-bond acceptors (Lipinski definition) is 4. The molecule has 0 aliphatic heterocycles. The Morgan fingerprint density at radius 3 is 1.48 bits per heavy atom. The van der Waals surface area contributed by atoms with Gasteiger partial charge in [0.15, 0.2) is 17.5 Å². The van der Waals surface area contributed by atoms with E-state index < -0.39 is 0 Å². The number of thiophene rings is 1. The van der Waals surface area contributed by atoms with Crippen molar-refractivity contribution in [3.8, 4) is 62.1 Å². The van der Waals surface area contributed by atoms with Crippen LogP contribution in [0.15, 0.2) is 194 Å². The molecule has 0 bridgehead atoms. The molecular weight excluding hydrogens is 701 g/mol. The highest BCUT2D eigenvalue weighted by Crippen LogP contribution is 2.40. The van der Waals surface area contributed by atoms with Crippen molar-refractivity contribution >= 4 is 53.3 Å². The van der Waals surface area contributed by atoms with Crippen LogP contribution in [0.5, 0.6) is 0 Å². The molecule has 0 aliphatic carbocycles. The minimum atomic E-state index is 0.619. The Balaban J connectivity index is 1.17. The van der Waals surface area contributed by atoms with Crippen LogP contribution in [-0.2, 0) is 0 Å². The lowest BCUT2D eigenvalue weighted by atomic mass is 10.0. The Kier molecular flexibility index (Phi) is 7.64. The van der Waals surface area contributed by atoms with Crippen molar-refractivity contribution < 1.29 is 0 Å². The molecule has 0 amide bonds. The summed E-state index contributed by atoms with van der Waals surface area (Å²) in [6.07, 6.45) is 0. The van der Waals surface area contributed by atoms with E-state index in [9.17, 15) is 0 Å². The van der Waals surface area contributed by atoms with Gasteiger partial charge in [-0.2, -0.15) is 0 Å². The van der Waals surface area contributed by atoms with E-state index in [-0.39, 0.29) is 0 Å². The van der Waals surface area contributed by atoms with E-state index in [1.807, 2.05) is 29.5 Å². The van der Waals surface area contributed by atoms with Crippen molar-refractivity contribution in [2.24, 2.45) is 0 Å². The molecule has 3 aromatic heterocycles. The number of aromatic nitrogens is 4. The topological polar surface area (TPSA) is 43.6 Å². The molecule has 11 aromatic rings. The Morgan fingerprint density at radius 1 is 0.321 bits per heavy atom. The average molecular weight is 733 g/mol. The lowest BCUT2D eigenvalue weighted by molar-refractivity contribution is 1.06. The third-order valence-corrected chi connectivity index (χ3v) is 11.8. The van der Waals surface area contributed by atoms with Crippen molar-refractivity contribution in [3.05, 3.63) is 194 Å². The molecule has 0 N–H and O–H groups in total. The van der Waals surface area contributed by atoms with E-state index in [1.165, 1.54) is 42.1 Å². The molecule has 0 atom stereocenters. The molecule has 3 heterocycles. The zero-order valence-corrected chi connectivity index (χ0v) is 31.0. The van der Waals surface area contributed by atoms with Gasteiger partial charge in [-0.3, -0.25) is 0 Å². The highest BCUT2D eigenvalue weighted by atomic mass is 32.1. The molecule has 262 valence electrons. The molecule has 5 heteroatoms. The van der Waals surface area contributed by atoms with Crippen LogP contribution in [0.3, 0.4) is 0 Å². The first kappa shape index (κ1) is 32.2. The second-order valence-corrected chi connectivity index (χ2v) is 15.1. The van der Waals surface area contributed by atoms with Crippen LogP contribution in [0.1, 0.15) is 0 Å². The molecule has 0 spiro atoms. The van der Waals surface area contributed by atoms with Crippen LogP contribution in [-0.4, -0.2) is 19.5 Å². The lowest BCUT2D eigenvalue weighted by Gasteiger charge is -2.15. The molecule has 56 heavy (non-hydrogen) atoms. The highest BCUT2D eigenvalue weighted by Gasteiger charge is 2.20. The van der Waals surface area contributed by atoms with Gasteiger partial charge in [0.25, 0.3) is 0 Å². The van der Waals surface area contributed by atoms with E-state index >= 15 is 0 Å². The van der Waals surface area contributed by atoms with E-state index in [0.29, 0.717) is 17.5 Å². The molecule has 0 fully saturated rings. The maximum Gasteiger partial charge on any atom is 0.166 e. The van der Waals surface area contributed by atoms with Gasteiger partial charge in [-0.15, -0.1) is 11.3 Å². The molecule has 0 saturated carbocycles. The molecular formula is C51H32N4S. The summed E-state index contributed by atoms with van der Waals surface area (Å²) in [6.45, 7) is 0. The monoisotopic (exact) mass is 732 g/mol. The minimum Gasteiger partial charge on any atom is -0.308 e. The number of benzene rings is 8. The maximum absolute atomic E-state index is 5.30. The minimum absolute atomic E-state index is 0.619. The molecule has 0 radical (unpaired) electrons. The predicted molar refractivity (Wildman–Crippen MR) is 234 cm³/mol. The number of rotatable bonds is 6. The zero-order valence-electron chi connectivity index (χ0n) is 30.2. The van der Waals surface area contributed by atoms with Crippen molar-refractivity contribution in [3.63, 3.8) is 0 Å². The number of hydrogen-bond donors (Lipinski definition) is 0. The smallest absolute Gasteiger partial charge is 0.166 e. The summed E-state index contributed by atoms with van der Waals surface area (Å²) in [5.41, 5.74) is 10.7. The Bertz CT molecular complexity index is 3140. The fourth-order valence-corrected chi connectivity index (χ4v) is 9.05. The number of fused-ring (bicyclic) bond motifs is 6. The standard InChI is InChI=1S/C51H32N4S/c1-4-14-33(15-5-1)36-24-27-39-40-28-25-37(34-16-6-2-7-17-34)32-46(40)55(45(39)31-36)44-22-12-10-21-42(44)51-53-49(35-18-8-3-9-19-35)52-50(54-51)38-26-29-48-43(30-38)41-20-11-13-23-47(41)56-48/h1-32H. The van der Waals surface area contributed by atoms with Gasteiger partial charge in [0, 0.05) is 47.6 Å². The van der Waals surface area contributed by atoms with E-state index in [1.54, 1.807) is 0 Å². The third kappa shape index (κ3) is 5.48. The molecule has 0 aliphatic rings. The first-order valence-electron chi connectivity index (χ1n) is 18.8. The SMILES string of the molecule is c1ccc(-c2ccc3c4ccc(-c5ccccc5)cc4n(-c4ccccc4-c4nc(-c5ccccc5)nc(-c5ccc6sc7ccccc7c6c5)n4)c3c2)cc1. The fraction of sp³-hybridized carbons (Fsp3) is 0. The summed E-state index contributed by atoms with van der Waals surface area (Å²) in [7, 11) is 0. The van der Waals surface area contributed by atoms with Crippen molar-refractivity contribution in [1.82, 2.24) is 19.5 Å². The Labute approximate surface area is 327 Å². The van der Waals surface area contributed by atoms with Gasteiger partial charge in [-0.25, -0.2) is 15.0 Å². The quantitative estimate of drug-likeness (QED) is 0.171. The lowest BCUT2D eigenvalue weighted by Crippen LogP contribution is -2.03. The van der Waals surface area contributed by atoms with Gasteiger partial charge in [-0.1, -0.05) is 146 Å². The maximum atomic E-state index is 5.30. The summed E-state index contributed by atoms with van der Waals surface area (Å²) in [5, 5.41) is 4.83. The van der Waals surface area contributed by atoms with Crippen molar-refractivity contribution in [2.75, 3.05) is 0 Å². The average Bonchev–Trinajstić information content (AvgIpc) is 3.81. The predicted octanol–water partition coefficient (Wildman–Crippen LogP) is 13.7. The summed E-state index contributed by atoms with van der Waals surface area (Å²) >= 11 is 1.81. The second-order valence-electron chi connectivity index (χ2n) is 14.0. The van der Waals surface area contributed by atoms with Crippen LogP contribution in [0.4, 0.5) is 0 Å². The normalized spacial score (nSPS) is 11.6. The molecule has 4 nitrogen and oxygen atoms in total. The highest BCUT2D eigenvalue weighted by molar-refractivity contribution is 7.25. The Morgan fingerprint density at radius 2 is 0.821 bits per heavy atom. The fourth-order valence-electron chi connectivity index (χ4n) is 7.96. The van der Waals surface area contributed by atoms with Gasteiger partial charge in [0.2, 0.25) is 0 Å². The van der Waals surface area contributed by atoms with Crippen molar-refractivity contribution in [2.45, 2.75) is 0 Å². The van der Waals surface area contributed by atoms with Crippen molar-refractivity contribution in [1.29, 1.82) is 0 Å². The van der Waals surface area contributed by atoms with Crippen LogP contribution in [0.25, 0.3) is 104 Å². The molecule has 0 unspecified atom stereocenters. The summed E-state index contributed by atoms with van der Waals surface area (Å²) in [6, 6.07) is 68.7. The first-order chi connectivity index (χ1) is 27.7. The van der Waals surface area contributed by atoms with Gasteiger partial charge in [0.05, 0.1) is 16.7 Å². The number of nitrogens with zero attached hydrogens (tertiary/aromatic N) is 4. The van der Waals surface area contributed by atoms with E-state index in [4.69, 9.17) is 15.0 Å². The number of para-hydroxylation sites is 1. The summed E-state index contributed by atoms with van der Waals surface area (Å²) < 4.78 is 4.91. The Hall–Kier alpha value is -7.21. The van der Waals surface area contributed by atoms with Gasteiger partial charge in [-0.05, 0) is 70.8 Å². The van der Waals surface area contributed by atoms with E-state index in [0.717, 1.165) is 44.5 Å². The largest absolute Gasteiger partial charge is 0.308 e. The third-order valence-electron chi connectivity index (χ3n) is 10.7. The van der Waals surface area contributed by atoms with Gasteiger partial charge < -0.3 is 4.57 Å². The van der Waals surface area contributed by atoms with Crippen LogP contribution >= 0.6 is 11.3 Å². The van der Waals surface area contributed by atoms with Gasteiger partial charge in [0.1, 0.15) is 0 Å². The molecule has 11 rings (SSSR count). The summed E-state index contributed by atoms with van der Waals surface area (Å²) in [5.74, 6) is 1.89. The first-order valence-corrected chi connectivity index (χ1v) is 19.6. The van der Waals surface area contributed by atoms with Crippen LogP contribution in [0.2, 0.25) is 0 Å². The molecule has 0 saturated heterocycles. The second kappa shape index (κ2) is 13.3. The zero-order chi connectivity index (χ0) is 37.0. The van der Waals surface area contributed by atoms with Crippen LogP contribution < -0.4 is 0 Å². The van der Waals surface area contributed by atoms with Crippen LogP contribution in [0, 0.1) is 0 Å². The summed E-state index contributed by atoms with van der Waals surface area (Å²) in [4.78, 5) is 15.7.